The molecule has 1 saturated heterocycles. The SMILES string of the molecule is COc1cc(N2CCC(COc3cc(C(CC(=O)O)C4CC4)ccn3)CC2)c(C(=O)Nc2nc(C)ccc2CC(C)(C)C)cn1. The number of aromatic nitrogens is 3. The molecule has 0 aromatic carbocycles. The van der Waals surface area contributed by atoms with Gasteiger partial charge in [-0.05, 0) is 85.5 Å². The second-order valence-electron chi connectivity index (χ2n) is 13.6. The van der Waals surface area contributed by atoms with Gasteiger partial charge >= 0.3 is 5.97 Å². The van der Waals surface area contributed by atoms with Gasteiger partial charge in [-0.15, -0.1) is 0 Å². The summed E-state index contributed by atoms with van der Waals surface area (Å²) in [6.07, 6.45) is 8.11. The predicted molar refractivity (Wildman–Crippen MR) is 173 cm³/mol. The highest BCUT2D eigenvalue weighted by atomic mass is 16.5. The number of methoxy groups -OCH3 is 1. The third kappa shape index (κ3) is 8.71. The molecule has 45 heavy (non-hydrogen) atoms. The maximum atomic E-state index is 13.7. The Kier molecular flexibility index (Phi) is 9.90. The minimum atomic E-state index is -0.775. The zero-order chi connectivity index (χ0) is 32.1. The Bertz CT molecular complexity index is 1510. The van der Waals surface area contributed by atoms with Gasteiger partial charge in [-0.2, -0.15) is 0 Å². The van der Waals surface area contributed by atoms with Crippen LogP contribution in [0.4, 0.5) is 11.5 Å². The molecule has 4 heterocycles. The number of ether oxygens (including phenoxy) is 2. The van der Waals surface area contributed by atoms with Crippen LogP contribution in [0.5, 0.6) is 11.8 Å². The summed E-state index contributed by atoms with van der Waals surface area (Å²) in [5.41, 5.74) is 4.12. The molecule has 1 amide bonds. The highest BCUT2D eigenvalue weighted by molar-refractivity contribution is 6.08. The Hall–Kier alpha value is -4.21. The average molecular weight is 616 g/mol. The number of carboxylic acid groups (broad SMARTS) is 1. The lowest BCUT2D eigenvalue weighted by molar-refractivity contribution is -0.137. The van der Waals surface area contributed by atoms with Gasteiger partial charge in [0.25, 0.3) is 5.91 Å². The first kappa shape index (κ1) is 32.2. The first-order valence-corrected chi connectivity index (χ1v) is 15.9. The Morgan fingerprint density at radius 2 is 1.82 bits per heavy atom. The summed E-state index contributed by atoms with van der Waals surface area (Å²) in [6, 6.07) is 9.66. The predicted octanol–water partition coefficient (Wildman–Crippen LogP) is 6.29. The number of hydrogen-bond donors (Lipinski definition) is 2. The van der Waals surface area contributed by atoms with E-state index in [0.29, 0.717) is 41.6 Å². The molecule has 240 valence electrons. The van der Waals surface area contributed by atoms with Crippen LogP contribution in [-0.4, -0.2) is 58.7 Å². The number of piperidine rings is 1. The van der Waals surface area contributed by atoms with E-state index in [0.717, 1.165) is 67.7 Å². The Morgan fingerprint density at radius 1 is 1.07 bits per heavy atom. The van der Waals surface area contributed by atoms with Crippen molar-refractivity contribution in [3.8, 4) is 11.8 Å². The zero-order valence-corrected chi connectivity index (χ0v) is 27.0. The van der Waals surface area contributed by atoms with Crippen molar-refractivity contribution < 1.29 is 24.2 Å². The number of aliphatic carboxylic acids is 1. The van der Waals surface area contributed by atoms with Gasteiger partial charge in [0.1, 0.15) is 5.82 Å². The smallest absolute Gasteiger partial charge is 0.303 e. The van der Waals surface area contributed by atoms with Gasteiger partial charge in [-0.3, -0.25) is 9.59 Å². The number of hydrogen-bond acceptors (Lipinski definition) is 8. The quantitative estimate of drug-likeness (QED) is 0.242. The molecule has 1 aliphatic heterocycles. The van der Waals surface area contributed by atoms with Crippen molar-refractivity contribution in [1.29, 1.82) is 0 Å². The lowest BCUT2D eigenvalue weighted by atomic mass is 9.88. The monoisotopic (exact) mass is 615 g/mol. The van der Waals surface area contributed by atoms with E-state index in [1.165, 1.54) is 0 Å². The van der Waals surface area contributed by atoms with E-state index in [-0.39, 0.29) is 23.7 Å². The van der Waals surface area contributed by atoms with Crippen molar-refractivity contribution in [3.63, 3.8) is 0 Å². The van der Waals surface area contributed by atoms with Crippen molar-refractivity contribution >= 4 is 23.4 Å². The van der Waals surface area contributed by atoms with Gasteiger partial charge in [-0.25, -0.2) is 15.0 Å². The van der Waals surface area contributed by atoms with Crippen LogP contribution in [0.2, 0.25) is 0 Å². The summed E-state index contributed by atoms with van der Waals surface area (Å²) in [5, 5.41) is 12.5. The molecule has 2 aliphatic rings. The molecule has 3 aromatic heterocycles. The number of anilines is 2. The molecule has 1 saturated carbocycles. The molecule has 10 nitrogen and oxygen atoms in total. The molecule has 10 heteroatoms. The highest BCUT2D eigenvalue weighted by Crippen LogP contribution is 2.45. The number of carbonyl (C=O) groups excluding carboxylic acids is 1. The van der Waals surface area contributed by atoms with E-state index in [9.17, 15) is 14.7 Å². The maximum absolute atomic E-state index is 13.7. The van der Waals surface area contributed by atoms with Crippen LogP contribution in [0.3, 0.4) is 0 Å². The van der Waals surface area contributed by atoms with Crippen molar-refractivity contribution in [2.45, 2.75) is 72.1 Å². The molecule has 2 fully saturated rings. The van der Waals surface area contributed by atoms with E-state index >= 15 is 0 Å². The van der Waals surface area contributed by atoms with E-state index in [1.807, 2.05) is 37.3 Å². The first-order chi connectivity index (χ1) is 21.5. The fourth-order valence-electron chi connectivity index (χ4n) is 6.08. The van der Waals surface area contributed by atoms with Crippen LogP contribution in [0.25, 0.3) is 0 Å². The minimum Gasteiger partial charge on any atom is -0.481 e. The van der Waals surface area contributed by atoms with E-state index < -0.39 is 5.97 Å². The number of carboxylic acids is 1. The van der Waals surface area contributed by atoms with Crippen LogP contribution in [0.15, 0.2) is 42.7 Å². The van der Waals surface area contributed by atoms with Crippen LogP contribution >= 0.6 is 0 Å². The Labute approximate surface area is 265 Å². The third-order valence-electron chi connectivity index (χ3n) is 8.58. The topological polar surface area (TPSA) is 127 Å². The molecular formula is C35H45N5O5. The molecule has 1 atom stereocenters. The summed E-state index contributed by atoms with van der Waals surface area (Å²) in [5.74, 6) is 1.30. The number of carbonyl (C=O) groups is 2. The van der Waals surface area contributed by atoms with E-state index in [1.54, 1.807) is 19.5 Å². The van der Waals surface area contributed by atoms with Crippen LogP contribution in [0, 0.1) is 24.2 Å². The molecule has 1 aliphatic carbocycles. The maximum Gasteiger partial charge on any atom is 0.303 e. The third-order valence-corrected chi connectivity index (χ3v) is 8.58. The highest BCUT2D eigenvalue weighted by Gasteiger charge is 2.34. The van der Waals surface area contributed by atoms with Crippen molar-refractivity contribution in [3.05, 3.63) is 65.1 Å². The van der Waals surface area contributed by atoms with Gasteiger partial charge in [0.2, 0.25) is 11.8 Å². The van der Waals surface area contributed by atoms with Crippen LogP contribution in [-0.2, 0) is 11.2 Å². The second kappa shape index (κ2) is 13.8. The second-order valence-corrected chi connectivity index (χ2v) is 13.6. The van der Waals surface area contributed by atoms with E-state index in [2.05, 4.69) is 45.9 Å². The first-order valence-electron chi connectivity index (χ1n) is 15.9. The zero-order valence-electron chi connectivity index (χ0n) is 27.0. The number of nitrogens with zero attached hydrogens (tertiary/aromatic N) is 4. The Balaban J connectivity index is 1.24. The molecule has 3 aromatic rings. The summed E-state index contributed by atoms with van der Waals surface area (Å²) in [4.78, 5) is 40.7. The molecule has 0 spiro atoms. The van der Waals surface area contributed by atoms with Crippen molar-refractivity contribution in [2.24, 2.45) is 17.3 Å². The van der Waals surface area contributed by atoms with Crippen molar-refractivity contribution in [2.75, 3.05) is 37.0 Å². The molecule has 0 bridgehead atoms. The number of aryl methyl sites for hydroxylation is 1. The standard InChI is InChI=1S/C35H45N5O5/c1-22-6-7-26(19-35(2,3)4)33(38-22)39-34(43)28-20-37-30(44-5)18-29(28)40-14-11-23(12-15-40)21-45-31-16-25(10-13-36-31)27(17-32(41)42)24-8-9-24/h6-7,10,13,16,18,20,23-24,27H,8-9,11-12,14-15,17,19,21H2,1-5H3,(H,41,42)(H,38,39,43). The average Bonchev–Trinajstić information content (AvgIpc) is 3.85. The number of rotatable bonds is 12. The summed E-state index contributed by atoms with van der Waals surface area (Å²) < 4.78 is 11.5. The van der Waals surface area contributed by atoms with Crippen molar-refractivity contribution in [1.82, 2.24) is 15.0 Å². The fourth-order valence-corrected chi connectivity index (χ4v) is 6.08. The van der Waals surface area contributed by atoms with E-state index in [4.69, 9.17) is 9.47 Å². The molecular weight excluding hydrogens is 570 g/mol. The normalized spacial score (nSPS) is 16.2. The van der Waals surface area contributed by atoms with Gasteiger partial charge in [-0.1, -0.05) is 26.8 Å². The largest absolute Gasteiger partial charge is 0.481 e. The van der Waals surface area contributed by atoms with Gasteiger partial charge in [0.05, 0.1) is 31.4 Å². The lowest BCUT2D eigenvalue weighted by Crippen LogP contribution is -2.36. The van der Waals surface area contributed by atoms with Gasteiger partial charge < -0.3 is 24.8 Å². The lowest BCUT2D eigenvalue weighted by Gasteiger charge is -2.34. The number of pyridine rings is 3. The molecule has 0 radical (unpaired) electrons. The molecule has 5 rings (SSSR count). The van der Waals surface area contributed by atoms with Gasteiger partial charge in [0.15, 0.2) is 0 Å². The Morgan fingerprint density at radius 3 is 2.49 bits per heavy atom. The summed E-state index contributed by atoms with van der Waals surface area (Å²) in [7, 11) is 1.57. The molecule has 2 N–H and O–H groups in total. The van der Waals surface area contributed by atoms with Crippen LogP contribution in [0.1, 0.15) is 86.0 Å². The number of nitrogens with one attached hydrogen (secondary N) is 1. The van der Waals surface area contributed by atoms with Gasteiger partial charge in [0, 0.05) is 43.3 Å². The summed E-state index contributed by atoms with van der Waals surface area (Å²) >= 11 is 0. The number of amides is 1. The minimum absolute atomic E-state index is 0.00612. The fraction of sp³-hybridized carbons (Fsp3) is 0.514. The summed E-state index contributed by atoms with van der Waals surface area (Å²) in [6.45, 7) is 10.4. The molecule has 1 unspecified atom stereocenters. The van der Waals surface area contributed by atoms with Crippen LogP contribution < -0.4 is 19.7 Å².